The van der Waals surface area contributed by atoms with Crippen LogP contribution in [0.15, 0.2) is 103 Å². The SMILES string of the molecule is [B]c1c([B])c([B])c2c(-c3cccc(-c4cccc(-n5c(CC)nc6ccccc65)c4)c3)c3c([B])c([B])c([B])c([B])c3c(-c3ccccc3)c2c1[B]. The molecule has 0 aliphatic rings. The van der Waals surface area contributed by atoms with Gasteiger partial charge in [0, 0.05) is 12.1 Å². The molecule has 0 amide bonds. The van der Waals surface area contributed by atoms with Crippen LogP contribution in [0.2, 0.25) is 0 Å². The molecule has 7 aromatic carbocycles. The monoisotopic (exact) mass is 630 g/mol. The van der Waals surface area contributed by atoms with Gasteiger partial charge < -0.3 is 0 Å². The highest BCUT2D eigenvalue weighted by Crippen LogP contribution is 2.41. The number of benzene rings is 7. The summed E-state index contributed by atoms with van der Waals surface area (Å²) in [6, 6.07) is 34.4. The molecule has 16 radical (unpaired) electrons. The van der Waals surface area contributed by atoms with E-state index in [0.29, 0.717) is 32.7 Å². The van der Waals surface area contributed by atoms with Crippen LogP contribution >= 0.6 is 0 Å². The van der Waals surface area contributed by atoms with E-state index < -0.39 is 0 Å². The molecule has 0 unspecified atom stereocenters. The van der Waals surface area contributed by atoms with Crippen molar-refractivity contribution >= 4 is 139 Å². The van der Waals surface area contributed by atoms with Crippen molar-refractivity contribution in [2.45, 2.75) is 13.3 Å². The van der Waals surface area contributed by atoms with Crippen molar-refractivity contribution in [3.05, 3.63) is 109 Å². The normalized spacial score (nSPS) is 11.5. The Hall–Kier alpha value is -4.95. The van der Waals surface area contributed by atoms with Gasteiger partial charge in [0.1, 0.15) is 68.6 Å². The maximum Gasteiger partial charge on any atom is 0.114 e. The van der Waals surface area contributed by atoms with E-state index in [9.17, 15) is 0 Å². The molecule has 0 aliphatic heterocycles. The second kappa shape index (κ2) is 12.7. The van der Waals surface area contributed by atoms with Crippen LogP contribution in [0, 0.1) is 0 Å². The van der Waals surface area contributed by atoms with E-state index in [1.807, 2.05) is 60.7 Å². The molecule has 8 aromatic rings. The third-order valence-electron chi connectivity index (χ3n) is 9.92. The summed E-state index contributed by atoms with van der Waals surface area (Å²) in [4.78, 5) is 4.89. The number of rotatable bonds is 5. The summed E-state index contributed by atoms with van der Waals surface area (Å²) in [6.07, 6.45) is 0.782. The van der Waals surface area contributed by atoms with E-state index in [1.165, 1.54) is 0 Å². The Morgan fingerprint density at radius 2 is 0.902 bits per heavy atom. The van der Waals surface area contributed by atoms with Crippen molar-refractivity contribution in [1.82, 2.24) is 9.55 Å². The fourth-order valence-electron chi connectivity index (χ4n) is 7.41. The van der Waals surface area contributed by atoms with Gasteiger partial charge in [-0.1, -0.05) is 102 Å². The lowest BCUT2D eigenvalue weighted by Crippen LogP contribution is -2.50. The fraction of sp³-hybridized carbons (Fsp3) is 0.0488. The highest BCUT2D eigenvalue weighted by Gasteiger charge is 2.24. The maximum atomic E-state index is 6.92. The third-order valence-corrected chi connectivity index (χ3v) is 9.92. The van der Waals surface area contributed by atoms with Crippen molar-refractivity contribution in [2.24, 2.45) is 0 Å². The van der Waals surface area contributed by atoms with Gasteiger partial charge in [0.15, 0.2) is 0 Å². The topological polar surface area (TPSA) is 17.8 Å². The molecule has 0 saturated carbocycles. The maximum absolute atomic E-state index is 6.92. The standard InChI is InChI=1S/C41H22B8N2/c1-2-27-50-25-16-6-7-17-26(25)51(27)24-15-9-13-22(19-24)21-12-8-14-23(18-21)29-32-30(34(42)38(46)40(48)36(32)44)28(20-10-4-3-5-11-20)31-33(29)37(45)41(49)39(47)35(31)43/h3-19H,2H2,1H3. The summed E-state index contributed by atoms with van der Waals surface area (Å²) < 4.78 is 2.21. The predicted octanol–water partition coefficient (Wildman–Crippen LogP) is 1.25. The Balaban J connectivity index is 1.47. The van der Waals surface area contributed by atoms with Gasteiger partial charge in [0.05, 0.1) is 11.0 Å². The van der Waals surface area contributed by atoms with E-state index in [0.717, 1.165) is 51.2 Å². The first-order chi connectivity index (χ1) is 24.6. The van der Waals surface area contributed by atoms with E-state index in [-0.39, 0.29) is 43.7 Å². The summed E-state index contributed by atoms with van der Waals surface area (Å²) >= 11 is 0. The van der Waals surface area contributed by atoms with E-state index in [2.05, 4.69) is 54.0 Å². The third kappa shape index (κ3) is 5.09. The summed E-state index contributed by atoms with van der Waals surface area (Å²) in [7, 11) is 53.7. The van der Waals surface area contributed by atoms with Crippen LogP contribution < -0.4 is 43.7 Å². The van der Waals surface area contributed by atoms with Gasteiger partial charge in [-0.05, 0) is 85.3 Å². The average Bonchev–Trinajstić information content (AvgIpc) is 3.56. The Labute approximate surface area is 308 Å². The molecule has 0 bridgehead atoms. The smallest absolute Gasteiger partial charge is 0.114 e. The fourth-order valence-corrected chi connectivity index (χ4v) is 7.41. The zero-order valence-corrected chi connectivity index (χ0v) is 28.0. The molecule has 51 heavy (non-hydrogen) atoms. The van der Waals surface area contributed by atoms with Gasteiger partial charge in [-0.25, -0.2) is 4.98 Å². The molecule has 0 spiro atoms. The molecule has 0 atom stereocenters. The van der Waals surface area contributed by atoms with Crippen molar-refractivity contribution in [3.63, 3.8) is 0 Å². The quantitative estimate of drug-likeness (QED) is 0.207. The number of aromatic nitrogens is 2. The van der Waals surface area contributed by atoms with E-state index in [1.54, 1.807) is 0 Å². The number of imidazole rings is 1. The average molecular weight is 629 g/mol. The van der Waals surface area contributed by atoms with Gasteiger partial charge in [-0.15, -0.1) is 21.9 Å². The van der Waals surface area contributed by atoms with Crippen LogP contribution in [0.3, 0.4) is 0 Å². The van der Waals surface area contributed by atoms with E-state index in [4.69, 9.17) is 67.8 Å². The summed E-state index contributed by atoms with van der Waals surface area (Å²) in [5.74, 6) is 0.980. The van der Waals surface area contributed by atoms with Gasteiger partial charge in [0.2, 0.25) is 0 Å². The zero-order chi connectivity index (χ0) is 35.7. The number of fused-ring (bicyclic) bond motifs is 3. The minimum Gasteiger partial charge on any atom is -0.296 e. The molecule has 0 N–H and O–H groups in total. The zero-order valence-electron chi connectivity index (χ0n) is 28.0. The number of hydrogen-bond donors (Lipinski definition) is 0. The lowest BCUT2D eigenvalue weighted by atomic mass is 9.59. The number of hydrogen-bond acceptors (Lipinski definition) is 1. The second-order valence-electron chi connectivity index (χ2n) is 12.8. The van der Waals surface area contributed by atoms with Gasteiger partial charge in [-0.2, -0.15) is 0 Å². The van der Waals surface area contributed by atoms with Crippen LogP contribution in [0.25, 0.3) is 71.6 Å². The number of aryl methyl sites for hydroxylation is 1. The van der Waals surface area contributed by atoms with Crippen molar-refractivity contribution in [1.29, 1.82) is 0 Å². The van der Waals surface area contributed by atoms with Crippen LogP contribution in [0.1, 0.15) is 12.7 Å². The molecule has 0 saturated heterocycles. The van der Waals surface area contributed by atoms with Gasteiger partial charge in [-0.3, -0.25) is 4.57 Å². The minimum absolute atomic E-state index is 0.178. The molecule has 1 aromatic heterocycles. The summed E-state index contributed by atoms with van der Waals surface area (Å²) in [6.45, 7) is 2.11. The molecule has 10 heteroatoms. The van der Waals surface area contributed by atoms with Crippen molar-refractivity contribution in [3.8, 4) is 39.1 Å². The first-order valence-electron chi connectivity index (χ1n) is 16.6. The highest BCUT2D eigenvalue weighted by molar-refractivity contribution is 6.71. The second-order valence-corrected chi connectivity index (χ2v) is 12.8. The number of para-hydroxylation sites is 2. The summed E-state index contributed by atoms with van der Waals surface area (Å²) in [5, 5.41) is 2.36. The van der Waals surface area contributed by atoms with Crippen LogP contribution in [0.5, 0.6) is 0 Å². The molecular weight excluding hydrogens is 607 g/mol. The Bertz CT molecular complexity index is 2640. The van der Waals surface area contributed by atoms with Crippen LogP contribution in [-0.2, 0) is 6.42 Å². The Morgan fingerprint density at radius 1 is 0.451 bits per heavy atom. The molecule has 2 nitrogen and oxygen atoms in total. The predicted molar refractivity (Wildman–Crippen MR) is 225 cm³/mol. The molecule has 0 fully saturated rings. The molecule has 1 heterocycles. The highest BCUT2D eigenvalue weighted by atomic mass is 15.1. The Morgan fingerprint density at radius 3 is 1.47 bits per heavy atom. The van der Waals surface area contributed by atoms with Crippen LogP contribution in [0.4, 0.5) is 0 Å². The van der Waals surface area contributed by atoms with Crippen molar-refractivity contribution < 1.29 is 0 Å². The van der Waals surface area contributed by atoms with E-state index >= 15 is 0 Å². The lowest BCUT2D eigenvalue weighted by molar-refractivity contribution is 0.908. The summed E-state index contributed by atoms with van der Waals surface area (Å²) in [5.41, 5.74) is 9.71. The molecule has 8 rings (SSSR count). The molecule has 0 aliphatic carbocycles. The first-order valence-corrected chi connectivity index (χ1v) is 16.6. The minimum atomic E-state index is 0.178. The largest absolute Gasteiger partial charge is 0.296 e. The Kier molecular flexibility index (Phi) is 8.25. The molecule has 220 valence electrons. The van der Waals surface area contributed by atoms with Crippen molar-refractivity contribution in [2.75, 3.05) is 0 Å². The number of nitrogens with zero attached hydrogens (tertiary/aromatic N) is 2. The van der Waals surface area contributed by atoms with Gasteiger partial charge >= 0.3 is 0 Å². The lowest BCUT2D eigenvalue weighted by Gasteiger charge is -2.28. The first kappa shape index (κ1) is 33.2. The van der Waals surface area contributed by atoms with Gasteiger partial charge in [0.25, 0.3) is 0 Å². The molecular formula is C41H22B8N2. The van der Waals surface area contributed by atoms with Crippen LogP contribution in [-0.4, -0.2) is 72.3 Å².